The monoisotopic (exact) mass is 232 g/mol. The van der Waals surface area contributed by atoms with Crippen molar-refractivity contribution in [3.8, 4) is 0 Å². The summed E-state index contributed by atoms with van der Waals surface area (Å²) >= 11 is 0. The first-order valence-electron chi connectivity index (χ1n) is 4.77. The van der Waals surface area contributed by atoms with E-state index in [-0.39, 0.29) is 12.2 Å². The summed E-state index contributed by atoms with van der Waals surface area (Å²) in [7, 11) is 0. The second-order valence-electron chi connectivity index (χ2n) is 3.49. The quantitative estimate of drug-likeness (QED) is 0.847. The zero-order valence-corrected chi connectivity index (χ0v) is 8.42. The lowest BCUT2D eigenvalue weighted by atomic mass is 10.1. The van der Waals surface area contributed by atoms with Crippen LogP contribution in [-0.2, 0) is 11.2 Å². The second-order valence-corrected chi connectivity index (χ2v) is 3.49. The minimum Gasteiger partial charge on any atom is -0.477 e. The van der Waals surface area contributed by atoms with Crippen molar-refractivity contribution >= 4 is 5.97 Å². The van der Waals surface area contributed by atoms with Gasteiger partial charge in [-0.15, -0.1) is 0 Å². The fourth-order valence-corrected chi connectivity index (χ4v) is 1.27. The lowest BCUT2D eigenvalue weighted by Gasteiger charge is -2.10. The smallest absolute Gasteiger partial charge is 0.374 e. The number of carboxylic acids is 1. The average Bonchev–Trinajstić information content (AvgIpc) is 2.20. The molecule has 0 atom stereocenters. The maximum Gasteiger partial charge on any atom is 0.374 e. The van der Waals surface area contributed by atoms with Gasteiger partial charge >= 0.3 is 11.9 Å². The van der Waals surface area contributed by atoms with Crippen LogP contribution in [0.1, 0.15) is 18.4 Å². The van der Waals surface area contributed by atoms with Crippen LogP contribution in [0.15, 0.2) is 24.3 Å². The van der Waals surface area contributed by atoms with Gasteiger partial charge in [-0.2, -0.15) is 8.78 Å². The van der Waals surface area contributed by atoms with E-state index in [1.807, 2.05) is 0 Å². The summed E-state index contributed by atoms with van der Waals surface area (Å²) in [6.45, 7) is 0. The minimum atomic E-state index is -3.68. The SMILES string of the molecule is O=C(O)C(F)(F)CCCc1ccc(F)cc1. The number of alkyl halides is 2. The Morgan fingerprint density at radius 2 is 1.81 bits per heavy atom. The van der Waals surface area contributed by atoms with Crippen LogP contribution in [0.2, 0.25) is 0 Å². The molecule has 0 fully saturated rings. The van der Waals surface area contributed by atoms with Crippen molar-refractivity contribution in [1.29, 1.82) is 0 Å². The minimum absolute atomic E-state index is 0.0466. The number of carbonyl (C=O) groups is 1. The first-order chi connectivity index (χ1) is 7.42. The Labute approximate surface area is 90.7 Å². The van der Waals surface area contributed by atoms with E-state index in [9.17, 15) is 18.0 Å². The molecule has 1 aromatic rings. The first-order valence-corrected chi connectivity index (χ1v) is 4.77. The van der Waals surface area contributed by atoms with E-state index in [0.717, 1.165) is 0 Å². The summed E-state index contributed by atoms with van der Waals surface area (Å²) < 4.78 is 37.8. The van der Waals surface area contributed by atoms with Crippen LogP contribution in [0.5, 0.6) is 0 Å². The Kier molecular flexibility index (Phi) is 3.93. The highest BCUT2D eigenvalue weighted by Gasteiger charge is 2.37. The molecule has 0 bridgehead atoms. The van der Waals surface area contributed by atoms with E-state index in [2.05, 4.69) is 0 Å². The lowest BCUT2D eigenvalue weighted by Crippen LogP contribution is -2.27. The van der Waals surface area contributed by atoms with Crippen LogP contribution < -0.4 is 0 Å². The third kappa shape index (κ3) is 3.56. The zero-order chi connectivity index (χ0) is 12.2. The number of benzene rings is 1. The highest BCUT2D eigenvalue weighted by molar-refractivity contribution is 5.75. The molecule has 5 heteroatoms. The van der Waals surface area contributed by atoms with E-state index >= 15 is 0 Å². The molecule has 0 heterocycles. The molecule has 0 aliphatic carbocycles. The molecule has 0 saturated heterocycles. The average molecular weight is 232 g/mol. The van der Waals surface area contributed by atoms with E-state index in [0.29, 0.717) is 12.0 Å². The van der Waals surface area contributed by atoms with Gasteiger partial charge in [-0.3, -0.25) is 0 Å². The van der Waals surface area contributed by atoms with E-state index in [4.69, 9.17) is 5.11 Å². The molecule has 16 heavy (non-hydrogen) atoms. The topological polar surface area (TPSA) is 37.3 Å². The molecule has 1 aromatic carbocycles. The molecule has 0 aliphatic heterocycles. The Morgan fingerprint density at radius 3 is 2.31 bits per heavy atom. The summed E-state index contributed by atoms with van der Waals surface area (Å²) in [5.74, 6) is -6.17. The highest BCUT2D eigenvalue weighted by Crippen LogP contribution is 2.21. The second kappa shape index (κ2) is 5.01. The summed E-state index contributed by atoms with van der Waals surface area (Å²) in [5.41, 5.74) is 0.711. The summed E-state index contributed by atoms with van der Waals surface area (Å²) in [5, 5.41) is 8.18. The molecule has 0 aromatic heterocycles. The van der Waals surface area contributed by atoms with Crippen molar-refractivity contribution in [2.24, 2.45) is 0 Å². The van der Waals surface area contributed by atoms with Crippen molar-refractivity contribution in [3.05, 3.63) is 35.6 Å². The van der Waals surface area contributed by atoms with Gasteiger partial charge in [0.25, 0.3) is 0 Å². The molecule has 0 radical (unpaired) electrons. The number of rotatable bonds is 5. The number of carboxylic acid groups (broad SMARTS) is 1. The third-order valence-electron chi connectivity index (χ3n) is 2.18. The van der Waals surface area contributed by atoms with Gasteiger partial charge in [0.2, 0.25) is 0 Å². The third-order valence-corrected chi connectivity index (χ3v) is 2.18. The Hall–Kier alpha value is -1.52. The Morgan fingerprint density at radius 1 is 1.25 bits per heavy atom. The molecule has 1 rings (SSSR count). The van der Waals surface area contributed by atoms with Crippen LogP contribution in [0.3, 0.4) is 0 Å². The molecule has 0 aliphatic rings. The molecule has 0 saturated carbocycles. The molecular weight excluding hydrogens is 221 g/mol. The predicted molar refractivity (Wildman–Crippen MR) is 51.9 cm³/mol. The first kappa shape index (κ1) is 12.5. The molecule has 0 spiro atoms. The molecule has 0 amide bonds. The highest BCUT2D eigenvalue weighted by atomic mass is 19.3. The maximum absolute atomic E-state index is 12.7. The number of hydrogen-bond acceptors (Lipinski definition) is 1. The van der Waals surface area contributed by atoms with Gasteiger partial charge in [0.05, 0.1) is 0 Å². The number of aliphatic carboxylic acids is 1. The van der Waals surface area contributed by atoms with Gasteiger partial charge < -0.3 is 5.11 Å². The van der Waals surface area contributed by atoms with Gasteiger partial charge in [-0.1, -0.05) is 12.1 Å². The fraction of sp³-hybridized carbons (Fsp3) is 0.364. The van der Waals surface area contributed by atoms with Crippen molar-refractivity contribution in [2.75, 3.05) is 0 Å². The Balaban J connectivity index is 2.41. The number of halogens is 3. The van der Waals surface area contributed by atoms with Crippen LogP contribution >= 0.6 is 0 Å². The van der Waals surface area contributed by atoms with Gasteiger partial charge in [-0.25, -0.2) is 9.18 Å². The van der Waals surface area contributed by atoms with Crippen molar-refractivity contribution in [3.63, 3.8) is 0 Å². The largest absolute Gasteiger partial charge is 0.477 e. The standard InChI is InChI=1S/C11H11F3O2/c12-9-5-3-8(4-6-9)2-1-7-11(13,14)10(15)16/h3-6H,1-2,7H2,(H,15,16). The molecule has 1 N–H and O–H groups in total. The normalized spacial score (nSPS) is 11.4. The molecule has 88 valence electrons. The van der Waals surface area contributed by atoms with Gasteiger partial charge in [0, 0.05) is 6.42 Å². The van der Waals surface area contributed by atoms with Crippen molar-refractivity contribution < 1.29 is 23.1 Å². The maximum atomic E-state index is 12.7. The molecule has 0 unspecified atom stereocenters. The van der Waals surface area contributed by atoms with Gasteiger partial charge in [0.1, 0.15) is 5.82 Å². The van der Waals surface area contributed by atoms with Crippen molar-refractivity contribution in [1.82, 2.24) is 0 Å². The zero-order valence-electron chi connectivity index (χ0n) is 8.42. The van der Waals surface area contributed by atoms with Crippen LogP contribution in [-0.4, -0.2) is 17.0 Å². The summed E-state index contributed by atoms with van der Waals surface area (Å²) in [6, 6.07) is 5.47. The molecule has 2 nitrogen and oxygen atoms in total. The fourth-order valence-electron chi connectivity index (χ4n) is 1.27. The number of hydrogen-bond donors (Lipinski definition) is 1. The Bertz CT molecular complexity index is 360. The predicted octanol–water partition coefficient (Wildman–Crippen LogP) is 2.87. The van der Waals surface area contributed by atoms with Gasteiger partial charge in [0.15, 0.2) is 0 Å². The van der Waals surface area contributed by atoms with Crippen LogP contribution in [0, 0.1) is 5.82 Å². The van der Waals surface area contributed by atoms with Gasteiger partial charge in [-0.05, 0) is 30.5 Å². The van der Waals surface area contributed by atoms with Crippen LogP contribution in [0.4, 0.5) is 13.2 Å². The van der Waals surface area contributed by atoms with Crippen molar-refractivity contribution in [2.45, 2.75) is 25.2 Å². The molecular formula is C11H11F3O2. The van der Waals surface area contributed by atoms with E-state index in [1.54, 1.807) is 0 Å². The summed E-state index contributed by atoms with van der Waals surface area (Å²) in [4.78, 5) is 10.1. The lowest BCUT2D eigenvalue weighted by molar-refractivity contribution is -0.165. The van der Waals surface area contributed by atoms with E-state index < -0.39 is 18.3 Å². The van der Waals surface area contributed by atoms with Crippen LogP contribution in [0.25, 0.3) is 0 Å². The summed E-state index contributed by atoms with van der Waals surface area (Å²) in [6.07, 6.45) is -0.353. The number of aryl methyl sites for hydroxylation is 1. The van der Waals surface area contributed by atoms with E-state index in [1.165, 1.54) is 24.3 Å².